The van der Waals surface area contributed by atoms with E-state index in [2.05, 4.69) is 15.0 Å². The number of hydrogen-bond acceptors (Lipinski definition) is 6. The quantitative estimate of drug-likeness (QED) is 0.785. The average molecular weight is 403 g/mol. The van der Waals surface area contributed by atoms with E-state index in [1.165, 1.54) is 14.2 Å². The molecule has 2 heterocycles. The Morgan fingerprint density at radius 2 is 2.08 bits per heavy atom. The highest BCUT2D eigenvalue weighted by atomic mass is 35.5. The van der Waals surface area contributed by atoms with Gasteiger partial charge in [-0.05, 0) is 28.9 Å². The molecule has 0 N–H and O–H groups in total. The van der Waals surface area contributed by atoms with Gasteiger partial charge in [0.2, 0.25) is 16.6 Å². The molecule has 0 spiro atoms. The summed E-state index contributed by atoms with van der Waals surface area (Å²) in [5.41, 5.74) is -0.238. The summed E-state index contributed by atoms with van der Waals surface area (Å²) in [5.74, 6) is 0.638. The smallest absolute Gasteiger partial charge is 0.252 e. The number of fused-ring (bicyclic) bond motifs is 1. The minimum atomic E-state index is -0.276. The summed E-state index contributed by atoms with van der Waals surface area (Å²) in [5, 5.41) is 0. The van der Waals surface area contributed by atoms with Gasteiger partial charge in [-0.2, -0.15) is 18.8 Å². The molecule has 0 saturated heterocycles. The summed E-state index contributed by atoms with van der Waals surface area (Å²) in [6.45, 7) is 3.96. The van der Waals surface area contributed by atoms with Gasteiger partial charge in [0, 0.05) is 0 Å². The van der Waals surface area contributed by atoms with Crippen LogP contribution in [0.5, 0.6) is 11.8 Å². The second kappa shape index (κ2) is 6.59. The van der Waals surface area contributed by atoms with Crippen LogP contribution in [0.4, 0.5) is 0 Å². The normalized spacial score (nSPS) is 21.9. The maximum absolute atomic E-state index is 12.5. The molecule has 0 aliphatic heterocycles. The van der Waals surface area contributed by atoms with Crippen molar-refractivity contribution in [2.45, 2.75) is 13.8 Å². The van der Waals surface area contributed by atoms with E-state index in [9.17, 15) is 4.79 Å². The molecule has 0 bridgehead atoms. The first-order chi connectivity index (χ1) is 11.8. The Labute approximate surface area is 158 Å². The summed E-state index contributed by atoms with van der Waals surface area (Å²) in [6, 6.07) is 1.63. The molecule has 1 aliphatic carbocycles. The van der Waals surface area contributed by atoms with Crippen molar-refractivity contribution in [3.8, 4) is 11.8 Å². The number of aromatic nitrogens is 3. The number of amides is 1. The number of hydrogen-bond donors (Lipinski definition) is 0. The van der Waals surface area contributed by atoms with Gasteiger partial charge in [-0.1, -0.05) is 37.0 Å². The van der Waals surface area contributed by atoms with Gasteiger partial charge in [-0.25, -0.2) is 0 Å². The molecule has 3 rings (SSSR count). The van der Waals surface area contributed by atoms with Crippen molar-refractivity contribution in [1.29, 1.82) is 0 Å². The Morgan fingerprint density at radius 1 is 1.36 bits per heavy atom. The lowest BCUT2D eigenvalue weighted by atomic mass is 10.1. The van der Waals surface area contributed by atoms with Gasteiger partial charge >= 0.3 is 0 Å². The van der Waals surface area contributed by atoms with Crippen molar-refractivity contribution in [3.05, 3.63) is 21.4 Å². The highest BCUT2D eigenvalue weighted by molar-refractivity contribution is 7.03. The number of nitrogens with zero attached hydrogens (tertiary/aromatic N) is 4. The number of methoxy groups -OCH3 is 2. The highest BCUT2D eigenvalue weighted by Crippen LogP contribution is 2.60. The summed E-state index contributed by atoms with van der Waals surface area (Å²) < 4.78 is 12.2. The zero-order valence-corrected chi connectivity index (χ0v) is 16.3. The minimum Gasteiger partial charge on any atom is -0.481 e. The maximum atomic E-state index is 12.5. The first kappa shape index (κ1) is 18.2. The van der Waals surface area contributed by atoms with Crippen molar-refractivity contribution in [2.24, 2.45) is 22.2 Å². The summed E-state index contributed by atoms with van der Waals surface area (Å²) in [4.78, 5) is 25.5. The van der Waals surface area contributed by atoms with Crippen LogP contribution in [0.25, 0.3) is 5.78 Å². The first-order valence-corrected chi connectivity index (χ1v) is 8.91. The van der Waals surface area contributed by atoms with Gasteiger partial charge in [0.15, 0.2) is 0 Å². The van der Waals surface area contributed by atoms with Crippen LogP contribution in [0.1, 0.15) is 13.8 Å². The van der Waals surface area contributed by atoms with Gasteiger partial charge < -0.3 is 9.47 Å². The summed E-state index contributed by atoms with van der Waals surface area (Å²) in [6.07, 6.45) is 1.68. The molecule has 0 aromatic carbocycles. The van der Waals surface area contributed by atoms with Gasteiger partial charge in [0.1, 0.15) is 4.49 Å². The molecule has 134 valence electrons. The first-order valence-electron chi connectivity index (χ1n) is 7.38. The second-order valence-corrected chi connectivity index (χ2v) is 8.07. The molecule has 2 aromatic rings. The molecule has 1 aliphatic rings. The van der Waals surface area contributed by atoms with E-state index in [4.69, 9.17) is 32.7 Å². The van der Waals surface area contributed by atoms with E-state index in [1.807, 2.05) is 13.8 Å². The third kappa shape index (κ3) is 3.38. The van der Waals surface area contributed by atoms with Crippen molar-refractivity contribution in [1.82, 2.24) is 13.8 Å². The SMILES string of the molecule is COc1cc(OC)n2sc(=NC(=O)[C@@H]3[C@@H](C=C(Cl)Cl)C3(C)C)nc2n1. The Morgan fingerprint density at radius 3 is 2.68 bits per heavy atom. The molecular weight excluding hydrogens is 387 g/mol. The fourth-order valence-corrected chi connectivity index (χ4v) is 3.90. The van der Waals surface area contributed by atoms with Crippen LogP contribution in [-0.4, -0.2) is 33.9 Å². The zero-order valence-electron chi connectivity index (χ0n) is 14.0. The second-order valence-electron chi connectivity index (χ2n) is 6.15. The molecule has 0 unspecified atom stereocenters. The van der Waals surface area contributed by atoms with Crippen LogP contribution >= 0.6 is 34.7 Å². The van der Waals surface area contributed by atoms with Crippen molar-refractivity contribution >= 4 is 46.4 Å². The molecule has 1 amide bonds. The van der Waals surface area contributed by atoms with Gasteiger partial charge in [-0.3, -0.25) is 4.79 Å². The topological polar surface area (TPSA) is 78.1 Å². The Balaban J connectivity index is 1.97. The summed E-state index contributed by atoms with van der Waals surface area (Å²) in [7, 11) is 3.03. The largest absolute Gasteiger partial charge is 0.481 e. The van der Waals surface area contributed by atoms with E-state index in [1.54, 1.807) is 15.9 Å². The van der Waals surface area contributed by atoms with Gasteiger partial charge in [0.05, 0.1) is 26.2 Å². The predicted octanol–water partition coefficient (Wildman–Crippen LogP) is 2.83. The number of allylic oxidation sites excluding steroid dienone is 1. The molecule has 2 atom stereocenters. The molecule has 7 nitrogen and oxygen atoms in total. The maximum Gasteiger partial charge on any atom is 0.252 e. The fraction of sp³-hybridized carbons (Fsp3) is 0.467. The minimum absolute atomic E-state index is 0.0384. The fourth-order valence-electron chi connectivity index (χ4n) is 2.83. The van der Waals surface area contributed by atoms with Crippen LogP contribution in [0, 0.1) is 17.3 Å². The molecule has 1 fully saturated rings. The lowest BCUT2D eigenvalue weighted by molar-refractivity contribution is -0.120. The molecule has 10 heteroatoms. The molecule has 2 aromatic heterocycles. The van der Waals surface area contributed by atoms with Crippen molar-refractivity contribution < 1.29 is 14.3 Å². The van der Waals surface area contributed by atoms with Gasteiger partial charge in [-0.15, -0.1) is 0 Å². The number of halogens is 2. The van der Waals surface area contributed by atoms with Crippen molar-refractivity contribution in [2.75, 3.05) is 14.2 Å². The monoisotopic (exact) mass is 402 g/mol. The number of rotatable bonds is 4. The van der Waals surface area contributed by atoms with Crippen LogP contribution in [0.3, 0.4) is 0 Å². The van der Waals surface area contributed by atoms with E-state index >= 15 is 0 Å². The van der Waals surface area contributed by atoms with E-state index in [0.29, 0.717) is 22.3 Å². The molecule has 0 radical (unpaired) electrons. The number of carbonyl (C=O) groups excluding carboxylic acids is 1. The highest BCUT2D eigenvalue weighted by Gasteiger charge is 2.60. The molecule has 25 heavy (non-hydrogen) atoms. The zero-order chi connectivity index (χ0) is 18.4. The molecule has 1 saturated carbocycles. The van der Waals surface area contributed by atoms with E-state index in [0.717, 1.165) is 11.5 Å². The predicted molar refractivity (Wildman–Crippen MR) is 95.1 cm³/mol. The van der Waals surface area contributed by atoms with Crippen LogP contribution in [0.2, 0.25) is 0 Å². The lowest BCUT2D eigenvalue weighted by Crippen LogP contribution is -2.09. The number of carbonyl (C=O) groups is 1. The van der Waals surface area contributed by atoms with Crippen LogP contribution in [-0.2, 0) is 4.79 Å². The average Bonchev–Trinajstić information content (AvgIpc) is 2.89. The lowest BCUT2D eigenvalue weighted by Gasteiger charge is -2.03. The molecular formula is C15H16Cl2N4O3S. The van der Waals surface area contributed by atoms with Gasteiger partial charge in [0.25, 0.3) is 11.7 Å². The Hall–Kier alpha value is -1.64. The van der Waals surface area contributed by atoms with Crippen molar-refractivity contribution in [3.63, 3.8) is 0 Å². The Kier molecular flexibility index (Phi) is 4.78. The summed E-state index contributed by atoms with van der Waals surface area (Å²) >= 11 is 12.6. The standard InChI is InChI=1S/C15H16Cl2N4O3S/c1-15(2)7(5-8(16)17)11(15)12(22)19-14-20-13-18-9(23-3)6-10(24-4)21(13)25-14/h5-7,11H,1-4H3/t7-,11+/m1/s1. The van der Waals surface area contributed by atoms with E-state index < -0.39 is 0 Å². The Bertz CT molecular complexity index is 930. The number of ether oxygens (including phenoxy) is 2. The third-order valence-electron chi connectivity index (χ3n) is 4.31. The third-order valence-corrected chi connectivity index (χ3v) is 5.44. The van der Waals surface area contributed by atoms with Crippen LogP contribution < -0.4 is 14.3 Å². The van der Waals surface area contributed by atoms with E-state index in [-0.39, 0.29) is 27.6 Å². The van der Waals surface area contributed by atoms with Crippen LogP contribution in [0.15, 0.2) is 21.6 Å².